The van der Waals surface area contributed by atoms with Crippen molar-refractivity contribution >= 4 is 11.6 Å². The van der Waals surface area contributed by atoms with Crippen LogP contribution in [0.3, 0.4) is 0 Å². The van der Waals surface area contributed by atoms with Gasteiger partial charge in [0.25, 0.3) is 0 Å². The maximum absolute atomic E-state index is 13.1. The summed E-state index contributed by atoms with van der Waals surface area (Å²) in [6.45, 7) is 0. The van der Waals surface area contributed by atoms with Gasteiger partial charge in [-0.05, 0) is 61.1 Å². The van der Waals surface area contributed by atoms with E-state index in [1.165, 1.54) is 37.8 Å². The molecule has 2 aliphatic rings. The Bertz CT molecular complexity index is 465. The van der Waals surface area contributed by atoms with Crippen LogP contribution >= 0.6 is 11.6 Å². The molecule has 2 bridgehead atoms. The van der Waals surface area contributed by atoms with Crippen molar-refractivity contribution in [1.29, 1.82) is 0 Å². The number of nitrogens with two attached hydrogens (primary N) is 1. The third-order valence-electron chi connectivity index (χ3n) is 4.96. The SMILES string of the molecule is NNC(CC1CC2CCC1C2)c1ccc(F)cc1Cl. The standard InChI is InChI=1S/C15H20ClFN2/c16-14-8-12(17)3-4-13(14)15(19-18)7-11-6-9-1-2-10(11)5-9/h3-4,8-11,15,19H,1-2,5-7,18H2. The van der Waals surface area contributed by atoms with Crippen molar-refractivity contribution in [3.05, 3.63) is 34.6 Å². The predicted octanol–water partition coefficient (Wildman–Crippen LogP) is 3.81. The number of fused-ring (bicyclic) bond motifs is 2. The number of nitrogens with one attached hydrogen (secondary N) is 1. The zero-order chi connectivity index (χ0) is 13.4. The summed E-state index contributed by atoms with van der Waals surface area (Å²) >= 11 is 6.13. The van der Waals surface area contributed by atoms with E-state index in [1.54, 1.807) is 6.07 Å². The van der Waals surface area contributed by atoms with Gasteiger partial charge in [0.2, 0.25) is 0 Å². The highest BCUT2D eigenvalue weighted by Gasteiger charge is 2.40. The molecule has 4 atom stereocenters. The molecular weight excluding hydrogens is 263 g/mol. The third-order valence-corrected chi connectivity index (χ3v) is 5.29. The maximum atomic E-state index is 13.1. The molecule has 2 aliphatic carbocycles. The molecule has 0 aliphatic heterocycles. The number of hydrogen-bond acceptors (Lipinski definition) is 2. The maximum Gasteiger partial charge on any atom is 0.124 e. The van der Waals surface area contributed by atoms with E-state index < -0.39 is 0 Å². The van der Waals surface area contributed by atoms with Gasteiger partial charge in [0.15, 0.2) is 0 Å². The van der Waals surface area contributed by atoms with Crippen LogP contribution in [0.2, 0.25) is 5.02 Å². The molecule has 4 heteroatoms. The summed E-state index contributed by atoms with van der Waals surface area (Å²) in [5, 5.41) is 0.464. The van der Waals surface area contributed by atoms with Crippen LogP contribution in [0.25, 0.3) is 0 Å². The van der Waals surface area contributed by atoms with E-state index in [-0.39, 0.29) is 11.9 Å². The van der Waals surface area contributed by atoms with Gasteiger partial charge < -0.3 is 0 Å². The summed E-state index contributed by atoms with van der Waals surface area (Å²) in [7, 11) is 0. The monoisotopic (exact) mass is 282 g/mol. The molecule has 1 aromatic rings. The van der Waals surface area contributed by atoms with Crippen molar-refractivity contribution in [2.45, 2.75) is 38.1 Å². The molecule has 2 nitrogen and oxygen atoms in total. The van der Waals surface area contributed by atoms with Crippen LogP contribution in [-0.2, 0) is 0 Å². The Hall–Kier alpha value is -0.640. The van der Waals surface area contributed by atoms with Gasteiger partial charge in [-0.25, -0.2) is 4.39 Å². The lowest BCUT2D eigenvalue weighted by Gasteiger charge is -2.27. The van der Waals surface area contributed by atoms with Crippen LogP contribution in [0.1, 0.15) is 43.7 Å². The molecule has 0 aromatic heterocycles. The van der Waals surface area contributed by atoms with E-state index >= 15 is 0 Å². The van der Waals surface area contributed by atoms with E-state index in [9.17, 15) is 4.39 Å². The Kier molecular flexibility index (Phi) is 3.79. The van der Waals surface area contributed by atoms with Crippen LogP contribution in [0.4, 0.5) is 4.39 Å². The van der Waals surface area contributed by atoms with Crippen molar-refractivity contribution in [2.75, 3.05) is 0 Å². The first-order valence-electron chi connectivity index (χ1n) is 7.08. The van der Waals surface area contributed by atoms with Crippen molar-refractivity contribution in [2.24, 2.45) is 23.6 Å². The van der Waals surface area contributed by atoms with E-state index in [0.717, 1.165) is 29.7 Å². The van der Waals surface area contributed by atoms with Crippen molar-refractivity contribution in [3.63, 3.8) is 0 Å². The molecular formula is C15H20ClFN2. The third kappa shape index (κ3) is 2.64. The summed E-state index contributed by atoms with van der Waals surface area (Å²) < 4.78 is 13.1. The Labute approximate surface area is 118 Å². The zero-order valence-corrected chi connectivity index (χ0v) is 11.7. The van der Waals surface area contributed by atoms with E-state index in [0.29, 0.717) is 5.02 Å². The summed E-state index contributed by atoms with van der Waals surface area (Å²) in [4.78, 5) is 0. The second-order valence-corrected chi connectivity index (χ2v) is 6.46. The molecule has 0 amide bonds. The van der Waals surface area contributed by atoms with Gasteiger partial charge in [-0.15, -0.1) is 0 Å². The van der Waals surface area contributed by atoms with Crippen LogP contribution in [0.5, 0.6) is 0 Å². The minimum absolute atomic E-state index is 0.0254. The van der Waals surface area contributed by atoms with E-state index in [2.05, 4.69) is 5.43 Å². The van der Waals surface area contributed by atoms with Crippen LogP contribution in [0, 0.1) is 23.6 Å². The fourth-order valence-electron chi connectivity index (χ4n) is 4.04. The number of benzene rings is 1. The smallest absolute Gasteiger partial charge is 0.124 e. The molecule has 1 aromatic carbocycles. The van der Waals surface area contributed by atoms with Gasteiger partial charge >= 0.3 is 0 Å². The van der Waals surface area contributed by atoms with Gasteiger partial charge in [-0.3, -0.25) is 11.3 Å². The normalized spacial score (nSPS) is 30.8. The largest absolute Gasteiger partial charge is 0.271 e. The average Bonchev–Trinajstić information content (AvgIpc) is 2.99. The quantitative estimate of drug-likeness (QED) is 0.651. The molecule has 4 unspecified atom stereocenters. The highest BCUT2D eigenvalue weighted by molar-refractivity contribution is 6.31. The molecule has 2 fully saturated rings. The van der Waals surface area contributed by atoms with E-state index in [1.807, 2.05) is 0 Å². The van der Waals surface area contributed by atoms with Crippen LogP contribution in [-0.4, -0.2) is 0 Å². The number of hydrogen-bond donors (Lipinski definition) is 2. The first kappa shape index (κ1) is 13.3. The molecule has 0 heterocycles. The molecule has 19 heavy (non-hydrogen) atoms. The fourth-order valence-corrected chi connectivity index (χ4v) is 4.34. The van der Waals surface area contributed by atoms with Gasteiger partial charge in [-0.2, -0.15) is 0 Å². The Morgan fingerprint density at radius 3 is 2.79 bits per heavy atom. The fraction of sp³-hybridized carbons (Fsp3) is 0.600. The van der Waals surface area contributed by atoms with Crippen molar-refractivity contribution in [1.82, 2.24) is 5.43 Å². The summed E-state index contributed by atoms with van der Waals surface area (Å²) in [5.41, 5.74) is 3.77. The molecule has 3 rings (SSSR count). The molecule has 0 spiro atoms. The summed E-state index contributed by atoms with van der Waals surface area (Å²) in [6, 6.07) is 4.58. The highest BCUT2D eigenvalue weighted by Crippen LogP contribution is 2.51. The van der Waals surface area contributed by atoms with Gasteiger partial charge in [0.1, 0.15) is 5.82 Å². The van der Waals surface area contributed by atoms with Crippen molar-refractivity contribution in [3.8, 4) is 0 Å². The number of hydrazine groups is 1. The molecule has 2 saturated carbocycles. The average molecular weight is 283 g/mol. The summed E-state index contributed by atoms with van der Waals surface area (Å²) in [5.74, 6) is 7.91. The lowest BCUT2D eigenvalue weighted by molar-refractivity contribution is 0.280. The molecule has 0 saturated heterocycles. The highest BCUT2D eigenvalue weighted by atomic mass is 35.5. The minimum Gasteiger partial charge on any atom is -0.271 e. The lowest BCUT2D eigenvalue weighted by Crippen LogP contribution is -2.31. The first-order valence-corrected chi connectivity index (χ1v) is 7.46. The predicted molar refractivity (Wildman–Crippen MR) is 75.0 cm³/mol. The minimum atomic E-state index is -0.301. The van der Waals surface area contributed by atoms with Crippen LogP contribution < -0.4 is 11.3 Å². The summed E-state index contributed by atoms with van der Waals surface area (Å²) in [6.07, 6.45) is 6.48. The second-order valence-electron chi connectivity index (χ2n) is 6.06. The van der Waals surface area contributed by atoms with E-state index in [4.69, 9.17) is 17.4 Å². The topological polar surface area (TPSA) is 38.0 Å². The van der Waals surface area contributed by atoms with Gasteiger partial charge in [0.05, 0.1) is 0 Å². The first-order chi connectivity index (χ1) is 9.17. The second kappa shape index (κ2) is 5.39. The zero-order valence-electron chi connectivity index (χ0n) is 10.9. The molecule has 3 N–H and O–H groups in total. The van der Waals surface area contributed by atoms with Gasteiger partial charge in [-0.1, -0.05) is 24.1 Å². The molecule has 0 radical (unpaired) electrons. The number of halogens is 2. The number of rotatable bonds is 4. The Morgan fingerprint density at radius 2 is 2.21 bits per heavy atom. The molecule has 104 valence electrons. The Morgan fingerprint density at radius 1 is 1.37 bits per heavy atom. The van der Waals surface area contributed by atoms with Gasteiger partial charge in [0, 0.05) is 11.1 Å². The van der Waals surface area contributed by atoms with Crippen molar-refractivity contribution < 1.29 is 4.39 Å². The lowest BCUT2D eigenvalue weighted by atomic mass is 9.83. The Balaban J connectivity index is 1.73. The van der Waals surface area contributed by atoms with Crippen LogP contribution in [0.15, 0.2) is 18.2 Å².